The van der Waals surface area contributed by atoms with Crippen LogP contribution in [0.1, 0.15) is 55.6 Å². The molecule has 1 aliphatic rings. The second-order valence-corrected chi connectivity index (χ2v) is 7.29. The van der Waals surface area contributed by atoms with Gasteiger partial charge in [-0.3, -0.25) is 4.79 Å². The third-order valence-corrected chi connectivity index (χ3v) is 4.20. The topological polar surface area (TPSA) is 63.7 Å². The zero-order valence-corrected chi connectivity index (χ0v) is 15.1. The fourth-order valence-electron chi connectivity index (χ4n) is 2.99. The Hall–Kier alpha value is -2.17. The molecule has 0 spiro atoms. The van der Waals surface area contributed by atoms with E-state index < -0.39 is 11.4 Å². The summed E-state index contributed by atoms with van der Waals surface area (Å²) in [6.45, 7) is 7.83. The largest absolute Gasteiger partial charge is 0.465 e. The molecule has 0 atom stereocenters. The Morgan fingerprint density at radius 2 is 1.88 bits per heavy atom. The molecule has 2 rings (SSSR count). The molecule has 1 aliphatic heterocycles. The van der Waals surface area contributed by atoms with Gasteiger partial charge in [0.05, 0.1) is 18.4 Å². The molecule has 0 radical (unpaired) electrons. The summed E-state index contributed by atoms with van der Waals surface area (Å²) in [6.07, 6.45) is 1.60. The highest BCUT2D eigenvalue weighted by atomic mass is 16.5. The summed E-state index contributed by atoms with van der Waals surface area (Å²) >= 11 is 0. The molecule has 0 aliphatic carbocycles. The van der Waals surface area contributed by atoms with Crippen LogP contribution in [-0.4, -0.2) is 31.3 Å². The molecular weight excluding hydrogens is 306 g/mol. The molecular formula is C19H25NO4. The summed E-state index contributed by atoms with van der Waals surface area (Å²) in [5.74, 6) is -0.266. The number of rotatable bonds is 4. The molecule has 1 amide bonds. The third-order valence-electron chi connectivity index (χ3n) is 4.20. The van der Waals surface area contributed by atoms with Gasteiger partial charge in [-0.1, -0.05) is 20.8 Å². The predicted molar refractivity (Wildman–Crippen MR) is 92.3 cm³/mol. The maximum Gasteiger partial charge on any atom is 0.337 e. The smallest absolute Gasteiger partial charge is 0.337 e. The first kappa shape index (κ1) is 18.2. The van der Waals surface area contributed by atoms with E-state index in [-0.39, 0.29) is 11.7 Å². The first-order chi connectivity index (χ1) is 11.1. The monoisotopic (exact) mass is 331 g/mol. The van der Waals surface area contributed by atoms with Gasteiger partial charge in [0.15, 0.2) is 0 Å². The van der Waals surface area contributed by atoms with Gasteiger partial charge < -0.3 is 14.4 Å². The number of anilines is 1. The highest BCUT2D eigenvalue weighted by Gasteiger charge is 2.34. The summed E-state index contributed by atoms with van der Waals surface area (Å²) in [5, 5.41) is 0. The quantitative estimate of drug-likeness (QED) is 0.796. The Morgan fingerprint density at radius 3 is 2.42 bits per heavy atom. The van der Waals surface area contributed by atoms with Crippen LogP contribution in [0.15, 0.2) is 12.1 Å². The van der Waals surface area contributed by atoms with Gasteiger partial charge in [-0.05, 0) is 43.0 Å². The van der Waals surface area contributed by atoms with Gasteiger partial charge in [0.25, 0.3) is 0 Å². The van der Waals surface area contributed by atoms with E-state index in [1.54, 1.807) is 24.0 Å². The first-order valence-electron chi connectivity index (χ1n) is 8.20. The zero-order valence-electron chi connectivity index (χ0n) is 15.1. The number of ketones is 1. The van der Waals surface area contributed by atoms with Crippen LogP contribution in [0, 0.1) is 5.41 Å². The number of amides is 1. The van der Waals surface area contributed by atoms with Crippen molar-refractivity contribution in [1.82, 2.24) is 0 Å². The summed E-state index contributed by atoms with van der Waals surface area (Å²) in [5.41, 5.74) is 2.68. The Kier molecular flexibility index (Phi) is 5.11. The van der Waals surface area contributed by atoms with E-state index in [9.17, 15) is 14.4 Å². The molecule has 0 saturated heterocycles. The Balaban J connectivity index is 2.50. The van der Waals surface area contributed by atoms with Crippen molar-refractivity contribution in [3.63, 3.8) is 0 Å². The number of hydrogen-bond acceptors (Lipinski definition) is 4. The maximum atomic E-state index is 12.8. The number of nitrogens with zero attached hydrogens (tertiary/aromatic N) is 1. The molecule has 1 aromatic carbocycles. The van der Waals surface area contributed by atoms with Gasteiger partial charge in [0, 0.05) is 18.4 Å². The summed E-state index contributed by atoms with van der Waals surface area (Å²) < 4.78 is 4.82. The fourth-order valence-corrected chi connectivity index (χ4v) is 2.99. The summed E-state index contributed by atoms with van der Waals surface area (Å²) in [7, 11) is 1.35. The Labute approximate surface area is 143 Å². The number of carbonyl (C=O) groups is 3. The number of fused-ring (bicyclic) bond motifs is 1. The lowest BCUT2D eigenvalue weighted by atomic mass is 9.93. The number of esters is 1. The van der Waals surface area contributed by atoms with Crippen molar-refractivity contribution in [3.8, 4) is 0 Å². The molecule has 0 fully saturated rings. The van der Waals surface area contributed by atoms with Crippen LogP contribution < -0.4 is 4.90 Å². The van der Waals surface area contributed by atoms with Crippen molar-refractivity contribution >= 4 is 23.3 Å². The minimum absolute atomic E-state index is 0.0520. The van der Waals surface area contributed by atoms with E-state index in [0.29, 0.717) is 31.4 Å². The van der Waals surface area contributed by atoms with E-state index in [1.165, 1.54) is 7.11 Å². The average Bonchev–Trinajstić information content (AvgIpc) is 2.93. The minimum atomic E-state index is -0.486. The molecule has 130 valence electrons. The summed E-state index contributed by atoms with van der Waals surface area (Å²) in [4.78, 5) is 37.9. The van der Waals surface area contributed by atoms with Crippen molar-refractivity contribution in [2.24, 2.45) is 5.41 Å². The lowest BCUT2D eigenvalue weighted by Gasteiger charge is -2.28. The molecule has 24 heavy (non-hydrogen) atoms. The second kappa shape index (κ2) is 6.75. The van der Waals surface area contributed by atoms with Crippen LogP contribution in [0.5, 0.6) is 0 Å². The molecule has 0 N–H and O–H groups in total. The molecule has 5 heteroatoms. The number of Topliss-reactive ketones (excluding diaryl/α,β-unsaturated/α-hetero) is 1. The fraction of sp³-hybridized carbons (Fsp3) is 0.526. The van der Waals surface area contributed by atoms with Gasteiger partial charge in [0.2, 0.25) is 5.91 Å². The molecule has 0 bridgehead atoms. The van der Waals surface area contributed by atoms with Gasteiger partial charge >= 0.3 is 5.97 Å². The van der Waals surface area contributed by atoms with E-state index in [1.807, 2.05) is 20.8 Å². The molecule has 1 heterocycles. The standard InChI is InChI=1S/C19H25NO4/c1-12(21)6-7-13-10-15(17(22)24-5)11-14-8-9-20(16(13)14)18(23)19(2,3)4/h10-11H,6-9H2,1-5H3. The van der Waals surface area contributed by atoms with Crippen molar-refractivity contribution in [2.45, 2.75) is 47.0 Å². The van der Waals surface area contributed by atoms with Gasteiger partial charge in [-0.2, -0.15) is 0 Å². The number of hydrogen-bond donors (Lipinski definition) is 0. The SMILES string of the molecule is COC(=O)c1cc(CCC(C)=O)c2c(c1)CCN2C(=O)C(C)(C)C. The number of aryl methyl sites for hydroxylation is 1. The molecule has 0 saturated carbocycles. The van der Waals surface area contributed by atoms with Gasteiger partial charge in [-0.25, -0.2) is 4.79 Å². The van der Waals surface area contributed by atoms with Gasteiger partial charge in [0.1, 0.15) is 5.78 Å². The predicted octanol–water partition coefficient (Wildman–Crippen LogP) is 2.93. The van der Waals surface area contributed by atoms with Crippen LogP contribution in [0.25, 0.3) is 0 Å². The average molecular weight is 331 g/mol. The number of methoxy groups -OCH3 is 1. The van der Waals surface area contributed by atoms with Crippen molar-refractivity contribution in [3.05, 3.63) is 28.8 Å². The van der Waals surface area contributed by atoms with E-state index >= 15 is 0 Å². The molecule has 0 aromatic heterocycles. The molecule has 0 unspecified atom stereocenters. The highest BCUT2D eigenvalue weighted by molar-refractivity contribution is 6.01. The lowest BCUT2D eigenvalue weighted by Crippen LogP contribution is -2.38. The maximum absolute atomic E-state index is 12.8. The van der Waals surface area contributed by atoms with Crippen LogP contribution >= 0.6 is 0 Å². The summed E-state index contributed by atoms with van der Waals surface area (Å²) in [6, 6.07) is 3.55. The van der Waals surface area contributed by atoms with Crippen molar-refractivity contribution in [1.29, 1.82) is 0 Å². The normalized spacial score (nSPS) is 13.6. The number of carbonyl (C=O) groups excluding carboxylic acids is 3. The minimum Gasteiger partial charge on any atom is -0.465 e. The van der Waals surface area contributed by atoms with E-state index in [2.05, 4.69) is 0 Å². The van der Waals surface area contributed by atoms with Gasteiger partial charge in [-0.15, -0.1) is 0 Å². The number of ether oxygens (including phenoxy) is 1. The molecule has 1 aromatic rings. The second-order valence-electron chi connectivity index (χ2n) is 7.29. The third kappa shape index (κ3) is 3.66. The van der Waals surface area contributed by atoms with Crippen molar-refractivity contribution < 1.29 is 19.1 Å². The van der Waals surface area contributed by atoms with E-state index in [0.717, 1.165) is 16.8 Å². The van der Waals surface area contributed by atoms with Crippen LogP contribution in [-0.2, 0) is 27.2 Å². The van der Waals surface area contributed by atoms with E-state index in [4.69, 9.17) is 4.74 Å². The van der Waals surface area contributed by atoms with Crippen LogP contribution in [0.4, 0.5) is 5.69 Å². The Bertz CT molecular complexity index is 685. The Morgan fingerprint density at radius 1 is 1.21 bits per heavy atom. The first-order valence-corrected chi connectivity index (χ1v) is 8.20. The highest BCUT2D eigenvalue weighted by Crippen LogP contribution is 2.36. The number of benzene rings is 1. The van der Waals surface area contributed by atoms with Crippen LogP contribution in [0.2, 0.25) is 0 Å². The van der Waals surface area contributed by atoms with Crippen LogP contribution in [0.3, 0.4) is 0 Å². The van der Waals surface area contributed by atoms with Crippen molar-refractivity contribution in [2.75, 3.05) is 18.6 Å². The zero-order chi connectivity index (χ0) is 18.1. The lowest BCUT2D eigenvalue weighted by molar-refractivity contribution is -0.125. The molecule has 5 nitrogen and oxygen atoms in total.